The Balaban J connectivity index is 1.44. The molecule has 0 radical (unpaired) electrons. The molecule has 4 fully saturated rings. The van der Waals surface area contributed by atoms with Gasteiger partial charge in [-0.15, -0.1) is 0 Å². The molecule has 4 rings (SSSR count). The Morgan fingerprint density at radius 3 is 2.39 bits per heavy atom. The number of ether oxygens (including phenoxy) is 1. The first kappa shape index (κ1) is 23.1. The standard InChI is InChI=1S/C27H45NO3/c1-6-17(3)21-10-11-22-20-9-8-18-16-19(28-24(29)25(30)31-7-2)12-14-26(18,4)23(20)13-15-27(21,22)5/h17-23H,6-16H2,1-5H3,(H,28,29)/t17-,18-,19-,20+,21?,22+,23+,26+,27-/m1/s1. The highest BCUT2D eigenvalue weighted by Crippen LogP contribution is 2.68. The zero-order valence-electron chi connectivity index (χ0n) is 20.5. The molecule has 176 valence electrons. The van der Waals surface area contributed by atoms with Crippen molar-refractivity contribution in [2.45, 2.75) is 105 Å². The fraction of sp³-hybridized carbons (Fsp3) is 0.926. The van der Waals surface area contributed by atoms with Crippen molar-refractivity contribution in [1.82, 2.24) is 5.32 Å². The molecule has 9 atom stereocenters. The van der Waals surface area contributed by atoms with Crippen LogP contribution < -0.4 is 5.32 Å². The smallest absolute Gasteiger partial charge is 0.396 e. The number of hydrogen-bond donors (Lipinski definition) is 1. The second-order valence-electron chi connectivity index (χ2n) is 11.9. The van der Waals surface area contributed by atoms with Crippen molar-refractivity contribution in [2.24, 2.45) is 46.3 Å². The summed E-state index contributed by atoms with van der Waals surface area (Å²) in [6, 6.07) is 0.127. The first-order valence-corrected chi connectivity index (χ1v) is 13.2. The fourth-order valence-corrected chi connectivity index (χ4v) is 9.09. The van der Waals surface area contributed by atoms with Crippen LogP contribution in [0.1, 0.15) is 98.8 Å². The summed E-state index contributed by atoms with van der Waals surface area (Å²) in [5, 5.41) is 2.98. The van der Waals surface area contributed by atoms with Crippen LogP contribution in [0.25, 0.3) is 0 Å². The van der Waals surface area contributed by atoms with Gasteiger partial charge in [-0.25, -0.2) is 4.79 Å². The lowest BCUT2D eigenvalue weighted by molar-refractivity contribution is -0.155. The van der Waals surface area contributed by atoms with Gasteiger partial charge in [0.1, 0.15) is 0 Å². The van der Waals surface area contributed by atoms with Gasteiger partial charge in [0.15, 0.2) is 0 Å². The van der Waals surface area contributed by atoms with E-state index in [1.54, 1.807) is 6.92 Å². The number of fused-ring (bicyclic) bond motifs is 5. The lowest BCUT2D eigenvalue weighted by Gasteiger charge is -2.61. The Kier molecular flexibility index (Phi) is 6.49. The highest BCUT2D eigenvalue weighted by atomic mass is 16.5. The van der Waals surface area contributed by atoms with Crippen molar-refractivity contribution < 1.29 is 14.3 Å². The summed E-state index contributed by atoms with van der Waals surface area (Å²) in [6.07, 6.45) is 12.9. The van der Waals surface area contributed by atoms with Gasteiger partial charge in [-0.2, -0.15) is 0 Å². The van der Waals surface area contributed by atoms with Crippen molar-refractivity contribution in [3.63, 3.8) is 0 Å². The SMILES string of the molecule is CCOC(=O)C(=O)N[C@@H]1CC[C@@]2(C)[C@H](CC[C@@H]3[C@@H]2CC[C@]2(C)C([C@H](C)CC)CC[C@@H]32)C1. The molecule has 0 aromatic rings. The van der Waals surface area contributed by atoms with Gasteiger partial charge in [-0.3, -0.25) is 4.79 Å². The van der Waals surface area contributed by atoms with Crippen molar-refractivity contribution in [2.75, 3.05) is 6.61 Å². The molecule has 0 saturated heterocycles. The van der Waals surface area contributed by atoms with Gasteiger partial charge < -0.3 is 10.1 Å². The molecule has 0 aliphatic heterocycles. The number of rotatable bonds is 4. The predicted octanol–water partition coefficient (Wildman–Crippen LogP) is 5.74. The van der Waals surface area contributed by atoms with E-state index in [0.29, 0.717) is 16.7 Å². The molecule has 0 aromatic heterocycles. The van der Waals surface area contributed by atoms with E-state index in [0.717, 1.165) is 42.4 Å². The molecule has 1 unspecified atom stereocenters. The summed E-state index contributed by atoms with van der Waals surface area (Å²) in [5.74, 6) is 3.83. The summed E-state index contributed by atoms with van der Waals surface area (Å²) in [7, 11) is 0. The van der Waals surface area contributed by atoms with Gasteiger partial charge in [0, 0.05) is 6.04 Å². The molecule has 1 N–H and O–H groups in total. The number of esters is 1. The number of amides is 1. The van der Waals surface area contributed by atoms with Crippen molar-refractivity contribution in [3.8, 4) is 0 Å². The van der Waals surface area contributed by atoms with Gasteiger partial charge in [0.2, 0.25) is 0 Å². The maximum absolute atomic E-state index is 12.2. The van der Waals surface area contributed by atoms with Gasteiger partial charge in [0.05, 0.1) is 6.61 Å². The summed E-state index contributed by atoms with van der Waals surface area (Å²) in [4.78, 5) is 23.9. The molecular formula is C27H45NO3. The molecule has 0 bridgehead atoms. The predicted molar refractivity (Wildman–Crippen MR) is 123 cm³/mol. The highest BCUT2D eigenvalue weighted by molar-refractivity contribution is 6.32. The normalized spacial score (nSPS) is 45.1. The third-order valence-corrected chi connectivity index (χ3v) is 10.9. The van der Waals surface area contributed by atoms with Gasteiger partial charge in [-0.05, 0) is 111 Å². The molecule has 1 amide bonds. The number of carbonyl (C=O) groups excluding carboxylic acids is 2. The molecule has 0 spiro atoms. The van der Waals surface area contributed by atoms with E-state index in [-0.39, 0.29) is 12.6 Å². The average molecular weight is 432 g/mol. The number of hydrogen-bond acceptors (Lipinski definition) is 3. The molecule has 4 heteroatoms. The summed E-state index contributed by atoms with van der Waals surface area (Å²) >= 11 is 0. The minimum atomic E-state index is -0.733. The second kappa shape index (κ2) is 8.71. The lowest BCUT2D eigenvalue weighted by atomic mass is 9.44. The minimum absolute atomic E-state index is 0.127. The second-order valence-corrected chi connectivity index (χ2v) is 11.9. The Morgan fingerprint density at radius 1 is 0.968 bits per heavy atom. The Labute approximate surface area is 189 Å². The van der Waals surface area contributed by atoms with E-state index in [1.165, 1.54) is 51.4 Å². The Morgan fingerprint density at radius 2 is 1.68 bits per heavy atom. The summed E-state index contributed by atoms with van der Waals surface area (Å²) in [6.45, 7) is 12.1. The van der Waals surface area contributed by atoms with Crippen molar-refractivity contribution in [1.29, 1.82) is 0 Å². The third-order valence-electron chi connectivity index (χ3n) is 10.9. The van der Waals surface area contributed by atoms with Crippen LogP contribution >= 0.6 is 0 Å². The molecule has 4 aliphatic rings. The van der Waals surface area contributed by atoms with E-state index in [9.17, 15) is 9.59 Å². The average Bonchev–Trinajstić information content (AvgIpc) is 3.10. The topological polar surface area (TPSA) is 55.4 Å². The summed E-state index contributed by atoms with van der Waals surface area (Å²) in [5.41, 5.74) is 0.967. The maximum Gasteiger partial charge on any atom is 0.396 e. The van der Waals surface area contributed by atoms with E-state index in [1.807, 2.05) is 0 Å². The van der Waals surface area contributed by atoms with Crippen LogP contribution in [0.4, 0.5) is 0 Å². The van der Waals surface area contributed by atoms with E-state index < -0.39 is 11.9 Å². The lowest BCUT2D eigenvalue weighted by Crippen LogP contribution is -2.56. The molecule has 4 saturated carbocycles. The molecule has 0 heterocycles. The molecule has 31 heavy (non-hydrogen) atoms. The first-order valence-electron chi connectivity index (χ1n) is 13.2. The van der Waals surface area contributed by atoms with Crippen LogP contribution in [0.2, 0.25) is 0 Å². The molecular weight excluding hydrogens is 386 g/mol. The van der Waals surface area contributed by atoms with Gasteiger partial charge in [0.25, 0.3) is 0 Å². The van der Waals surface area contributed by atoms with Crippen LogP contribution in [-0.4, -0.2) is 24.5 Å². The van der Waals surface area contributed by atoms with Crippen LogP contribution in [0.3, 0.4) is 0 Å². The monoisotopic (exact) mass is 431 g/mol. The largest absolute Gasteiger partial charge is 0.459 e. The number of carbonyl (C=O) groups is 2. The third kappa shape index (κ3) is 3.84. The van der Waals surface area contributed by atoms with Crippen LogP contribution in [0.5, 0.6) is 0 Å². The van der Waals surface area contributed by atoms with Crippen molar-refractivity contribution in [3.05, 3.63) is 0 Å². The molecule has 4 aliphatic carbocycles. The Bertz CT molecular complexity index is 692. The van der Waals surface area contributed by atoms with E-state index >= 15 is 0 Å². The molecule has 0 aromatic carbocycles. The zero-order chi connectivity index (χ0) is 22.4. The number of nitrogens with one attached hydrogen (secondary N) is 1. The van der Waals surface area contributed by atoms with E-state index in [4.69, 9.17) is 4.74 Å². The van der Waals surface area contributed by atoms with Crippen LogP contribution in [0.15, 0.2) is 0 Å². The molecule has 4 nitrogen and oxygen atoms in total. The van der Waals surface area contributed by atoms with Gasteiger partial charge in [-0.1, -0.05) is 34.1 Å². The summed E-state index contributed by atoms with van der Waals surface area (Å²) < 4.78 is 4.87. The minimum Gasteiger partial charge on any atom is -0.459 e. The van der Waals surface area contributed by atoms with Crippen molar-refractivity contribution >= 4 is 11.9 Å². The Hall–Kier alpha value is -1.06. The van der Waals surface area contributed by atoms with Gasteiger partial charge >= 0.3 is 11.9 Å². The fourth-order valence-electron chi connectivity index (χ4n) is 9.09. The van der Waals surface area contributed by atoms with Crippen LogP contribution in [0, 0.1) is 46.3 Å². The maximum atomic E-state index is 12.2. The highest BCUT2D eigenvalue weighted by Gasteiger charge is 2.60. The zero-order valence-corrected chi connectivity index (χ0v) is 20.5. The first-order chi connectivity index (χ1) is 14.7. The quantitative estimate of drug-likeness (QED) is 0.456. The van der Waals surface area contributed by atoms with Crippen LogP contribution in [-0.2, 0) is 14.3 Å². The van der Waals surface area contributed by atoms with E-state index in [2.05, 4.69) is 33.0 Å².